The van der Waals surface area contributed by atoms with E-state index in [2.05, 4.69) is 29.0 Å². The minimum atomic E-state index is -0.0536. The van der Waals surface area contributed by atoms with Gasteiger partial charge >= 0.3 is 0 Å². The lowest BCUT2D eigenvalue weighted by Gasteiger charge is -2.15. The molecule has 1 aliphatic heterocycles. The quantitative estimate of drug-likeness (QED) is 0.190. The van der Waals surface area contributed by atoms with E-state index in [1.54, 1.807) is 5.57 Å². The molecule has 1 fully saturated rings. The van der Waals surface area contributed by atoms with Gasteiger partial charge in [0.1, 0.15) is 0 Å². The van der Waals surface area contributed by atoms with Gasteiger partial charge in [0.05, 0.1) is 12.6 Å². The van der Waals surface area contributed by atoms with Crippen LogP contribution in [0.2, 0.25) is 0 Å². The van der Waals surface area contributed by atoms with Crippen molar-refractivity contribution in [2.75, 3.05) is 26.2 Å². The molecule has 1 heterocycles. The number of amides is 1. The molecule has 0 bridgehead atoms. The van der Waals surface area contributed by atoms with Gasteiger partial charge in [0.2, 0.25) is 0 Å². The average molecular weight is 540 g/mol. The number of allylic oxidation sites excluding steroid dienone is 1. The van der Waals surface area contributed by atoms with Crippen molar-refractivity contribution in [2.45, 2.75) is 64.5 Å². The number of hydrogen-bond acceptors (Lipinski definition) is 3. The van der Waals surface area contributed by atoms with Crippen LogP contribution < -0.4 is 16.0 Å². The average Bonchev–Trinajstić information content (AvgIpc) is 3.30. The second-order valence-electron chi connectivity index (χ2n) is 8.03. The zero-order valence-corrected chi connectivity index (χ0v) is 21.0. The van der Waals surface area contributed by atoms with Crippen molar-refractivity contribution in [3.63, 3.8) is 0 Å². The Hall–Kier alpha value is -1.61. The van der Waals surface area contributed by atoms with Crippen molar-refractivity contribution in [2.24, 2.45) is 4.99 Å². The fraction of sp³-hybridized carbons (Fsp3) is 0.583. The summed E-state index contributed by atoms with van der Waals surface area (Å²) in [6.45, 7) is 5.69. The summed E-state index contributed by atoms with van der Waals surface area (Å²) in [6.07, 6.45) is 10.8. The second-order valence-corrected chi connectivity index (χ2v) is 8.03. The highest BCUT2D eigenvalue weighted by Gasteiger charge is 2.16. The minimum Gasteiger partial charge on any atom is -0.376 e. The molecule has 0 spiro atoms. The molecule has 0 aromatic heterocycles. The number of carbonyl (C=O) groups is 1. The van der Waals surface area contributed by atoms with E-state index >= 15 is 0 Å². The SMILES string of the molecule is CCNC(=NCc1cccc(C(=O)NCC2CCCO2)c1)NCCC1=CCCCC1.I. The summed E-state index contributed by atoms with van der Waals surface area (Å²) in [5.41, 5.74) is 3.25. The Balaban J connectivity index is 0.00000341. The Kier molecular flexibility index (Phi) is 12.0. The van der Waals surface area contributed by atoms with Gasteiger partial charge in [-0.1, -0.05) is 23.8 Å². The van der Waals surface area contributed by atoms with E-state index in [4.69, 9.17) is 9.73 Å². The van der Waals surface area contributed by atoms with E-state index in [9.17, 15) is 4.79 Å². The highest BCUT2D eigenvalue weighted by molar-refractivity contribution is 14.0. The summed E-state index contributed by atoms with van der Waals surface area (Å²) >= 11 is 0. The van der Waals surface area contributed by atoms with E-state index in [1.807, 2.05) is 24.3 Å². The predicted molar refractivity (Wildman–Crippen MR) is 137 cm³/mol. The highest BCUT2D eigenvalue weighted by Crippen LogP contribution is 2.19. The summed E-state index contributed by atoms with van der Waals surface area (Å²) in [5, 5.41) is 9.72. The van der Waals surface area contributed by atoms with Crippen LogP contribution in [-0.4, -0.2) is 44.2 Å². The third-order valence-electron chi connectivity index (χ3n) is 5.59. The summed E-state index contributed by atoms with van der Waals surface area (Å²) < 4.78 is 5.57. The van der Waals surface area contributed by atoms with E-state index < -0.39 is 0 Å². The van der Waals surface area contributed by atoms with Crippen LogP contribution in [0, 0.1) is 0 Å². The van der Waals surface area contributed by atoms with Crippen LogP contribution in [0.5, 0.6) is 0 Å². The van der Waals surface area contributed by atoms with Crippen LogP contribution in [0.3, 0.4) is 0 Å². The number of guanidine groups is 1. The first-order valence-electron chi connectivity index (χ1n) is 11.4. The molecule has 0 radical (unpaired) electrons. The fourth-order valence-electron chi connectivity index (χ4n) is 3.91. The lowest BCUT2D eigenvalue weighted by atomic mass is 9.97. The van der Waals surface area contributed by atoms with Gasteiger partial charge in [-0.15, -0.1) is 24.0 Å². The third kappa shape index (κ3) is 9.19. The number of halogens is 1. The van der Waals surface area contributed by atoms with Crippen molar-refractivity contribution in [1.29, 1.82) is 0 Å². The summed E-state index contributed by atoms with van der Waals surface area (Å²) in [5.74, 6) is 0.768. The van der Waals surface area contributed by atoms with E-state index in [1.165, 1.54) is 25.7 Å². The summed E-state index contributed by atoms with van der Waals surface area (Å²) in [7, 11) is 0. The van der Waals surface area contributed by atoms with Crippen molar-refractivity contribution >= 4 is 35.8 Å². The molecule has 2 aliphatic rings. The standard InChI is InChI=1S/C24H36N4O2.HI/c1-2-25-24(26-14-13-19-8-4-3-5-9-19)28-17-20-10-6-11-21(16-20)23(29)27-18-22-12-7-15-30-22;/h6,8,10-11,16,22H,2-5,7,9,12-15,17-18H2,1H3,(H,27,29)(H2,25,26,28);1H. The van der Waals surface area contributed by atoms with E-state index in [0.717, 1.165) is 50.5 Å². The maximum Gasteiger partial charge on any atom is 0.251 e. The molecular weight excluding hydrogens is 503 g/mol. The Bertz CT molecular complexity index is 745. The van der Waals surface area contributed by atoms with Crippen LogP contribution in [0.1, 0.15) is 67.8 Å². The number of ether oxygens (including phenoxy) is 1. The number of nitrogens with zero attached hydrogens (tertiary/aromatic N) is 1. The van der Waals surface area contributed by atoms with Crippen molar-refractivity contribution < 1.29 is 9.53 Å². The number of rotatable bonds is 9. The van der Waals surface area contributed by atoms with Gasteiger partial charge in [0.15, 0.2) is 5.96 Å². The molecule has 31 heavy (non-hydrogen) atoms. The zero-order chi connectivity index (χ0) is 21.0. The van der Waals surface area contributed by atoms with Gasteiger partial charge in [-0.2, -0.15) is 0 Å². The largest absolute Gasteiger partial charge is 0.376 e. The molecule has 3 N–H and O–H groups in total. The second kappa shape index (κ2) is 14.5. The topological polar surface area (TPSA) is 74.8 Å². The first kappa shape index (κ1) is 25.6. The molecule has 1 aromatic rings. The molecule has 1 unspecified atom stereocenters. The Labute approximate surface area is 203 Å². The maximum absolute atomic E-state index is 12.5. The van der Waals surface area contributed by atoms with Crippen molar-refractivity contribution in [3.8, 4) is 0 Å². The molecule has 1 amide bonds. The molecule has 7 heteroatoms. The molecule has 172 valence electrons. The smallest absolute Gasteiger partial charge is 0.251 e. The first-order chi connectivity index (χ1) is 14.7. The Morgan fingerprint density at radius 1 is 1.19 bits per heavy atom. The maximum atomic E-state index is 12.5. The number of aliphatic imine (C=N–C) groups is 1. The Morgan fingerprint density at radius 3 is 2.84 bits per heavy atom. The van der Waals surface area contributed by atoms with E-state index in [-0.39, 0.29) is 36.0 Å². The number of carbonyl (C=O) groups excluding carboxylic acids is 1. The van der Waals surface area contributed by atoms with Gasteiger partial charge in [0.25, 0.3) is 5.91 Å². The zero-order valence-electron chi connectivity index (χ0n) is 18.6. The first-order valence-corrected chi connectivity index (χ1v) is 11.4. The molecule has 1 aromatic carbocycles. The van der Waals surface area contributed by atoms with Crippen LogP contribution >= 0.6 is 24.0 Å². The van der Waals surface area contributed by atoms with Crippen LogP contribution in [-0.2, 0) is 11.3 Å². The molecule has 6 nitrogen and oxygen atoms in total. The normalized spacial score (nSPS) is 18.7. The lowest BCUT2D eigenvalue weighted by molar-refractivity contribution is 0.0857. The molecule has 0 saturated carbocycles. The van der Waals surface area contributed by atoms with Crippen LogP contribution in [0.4, 0.5) is 0 Å². The predicted octanol–water partition coefficient (Wildman–Crippen LogP) is 4.16. The van der Waals surface area contributed by atoms with Crippen LogP contribution in [0.25, 0.3) is 0 Å². The van der Waals surface area contributed by atoms with Gasteiger partial charge in [-0.05, 0) is 69.6 Å². The van der Waals surface area contributed by atoms with Crippen molar-refractivity contribution in [3.05, 3.63) is 47.0 Å². The van der Waals surface area contributed by atoms with Crippen LogP contribution in [0.15, 0.2) is 40.9 Å². The van der Waals surface area contributed by atoms with Gasteiger partial charge in [-0.25, -0.2) is 4.99 Å². The molecule has 1 atom stereocenters. The number of benzene rings is 1. The highest BCUT2D eigenvalue weighted by atomic mass is 127. The minimum absolute atomic E-state index is 0. The molecule has 3 rings (SSSR count). The van der Waals surface area contributed by atoms with Gasteiger partial charge in [-0.3, -0.25) is 4.79 Å². The van der Waals surface area contributed by atoms with Crippen molar-refractivity contribution in [1.82, 2.24) is 16.0 Å². The number of nitrogens with one attached hydrogen (secondary N) is 3. The van der Waals surface area contributed by atoms with Gasteiger partial charge < -0.3 is 20.7 Å². The lowest BCUT2D eigenvalue weighted by Crippen LogP contribution is -2.37. The molecule has 1 aliphatic carbocycles. The number of hydrogen-bond donors (Lipinski definition) is 3. The van der Waals surface area contributed by atoms with Gasteiger partial charge in [0, 0.05) is 31.8 Å². The summed E-state index contributed by atoms with van der Waals surface area (Å²) in [6, 6.07) is 7.70. The Morgan fingerprint density at radius 2 is 2.10 bits per heavy atom. The molecular formula is C24H37IN4O2. The van der Waals surface area contributed by atoms with E-state index in [0.29, 0.717) is 18.7 Å². The molecule has 1 saturated heterocycles. The fourth-order valence-corrected chi connectivity index (χ4v) is 3.91. The third-order valence-corrected chi connectivity index (χ3v) is 5.59. The monoisotopic (exact) mass is 540 g/mol. The summed E-state index contributed by atoms with van der Waals surface area (Å²) in [4.78, 5) is 17.2.